The highest BCUT2D eigenvalue weighted by Crippen LogP contribution is 2.42. The standard InChI is InChI=1S/C34H39N3O2S/c1-3-29-13-8-9-21-36(29)22-10-20-35-33(38)27-18-16-26(17-19-27)23-32-34(39)37(24-28-12-5-4-11-25(28)2)30-14-6-7-15-31(30)40-32/h4-7,11-12,14-19,23,29H,3,8-10,13,20-22,24H2,1-2H3,(H,35,38)/b32-23-. The second kappa shape index (κ2) is 13.3. The second-order valence-electron chi connectivity index (χ2n) is 10.7. The summed E-state index contributed by atoms with van der Waals surface area (Å²) in [6.07, 6.45) is 8.02. The van der Waals surface area contributed by atoms with Crippen LogP contribution in [0, 0.1) is 6.92 Å². The zero-order valence-electron chi connectivity index (χ0n) is 23.6. The zero-order valence-corrected chi connectivity index (χ0v) is 24.4. The third-order valence-corrected chi connectivity index (χ3v) is 9.10. The van der Waals surface area contributed by atoms with Crippen LogP contribution >= 0.6 is 11.8 Å². The third kappa shape index (κ3) is 6.68. The van der Waals surface area contributed by atoms with Gasteiger partial charge in [0.15, 0.2) is 0 Å². The lowest BCUT2D eigenvalue weighted by atomic mass is 10.00. The summed E-state index contributed by atoms with van der Waals surface area (Å²) in [4.78, 5) is 32.6. The molecule has 1 fully saturated rings. The predicted octanol–water partition coefficient (Wildman–Crippen LogP) is 7.06. The van der Waals surface area contributed by atoms with E-state index in [1.165, 1.54) is 49.6 Å². The lowest BCUT2D eigenvalue weighted by Crippen LogP contribution is -2.40. The summed E-state index contributed by atoms with van der Waals surface area (Å²) in [6.45, 7) is 7.78. The molecule has 1 N–H and O–H groups in total. The molecule has 1 unspecified atom stereocenters. The van der Waals surface area contributed by atoms with Gasteiger partial charge in [0.1, 0.15) is 0 Å². The Hall–Kier alpha value is -3.35. The largest absolute Gasteiger partial charge is 0.352 e. The summed E-state index contributed by atoms with van der Waals surface area (Å²) in [7, 11) is 0. The maximum absolute atomic E-state index is 13.7. The Bertz CT molecular complexity index is 1370. The summed E-state index contributed by atoms with van der Waals surface area (Å²) in [5, 5.41) is 3.08. The molecule has 1 saturated heterocycles. The van der Waals surface area contributed by atoms with E-state index in [1.54, 1.807) is 0 Å². The Kier molecular flexibility index (Phi) is 9.40. The normalized spacial score (nSPS) is 18.6. The zero-order chi connectivity index (χ0) is 27.9. The number of fused-ring (bicyclic) bond motifs is 1. The van der Waals surface area contributed by atoms with Crippen LogP contribution < -0.4 is 10.2 Å². The fourth-order valence-electron chi connectivity index (χ4n) is 5.66. The maximum atomic E-state index is 13.7. The van der Waals surface area contributed by atoms with Crippen molar-refractivity contribution in [2.75, 3.05) is 24.5 Å². The number of hydrogen-bond donors (Lipinski definition) is 1. The molecule has 208 valence electrons. The summed E-state index contributed by atoms with van der Waals surface area (Å²) in [6, 6.07) is 24.5. The first-order valence-electron chi connectivity index (χ1n) is 14.5. The molecular formula is C34H39N3O2S. The van der Waals surface area contributed by atoms with Crippen molar-refractivity contribution in [1.29, 1.82) is 0 Å². The van der Waals surface area contributed by atoms with Crippen molar-refractivity contribution in [3.05, 3.63) is 100.0 Å². The molecule has 0 saturated carbocycles. The summed E-state index contributed by atoms with van der Waals surface area (Å²) in [5.74, 6) is -0.0564. The summed E-state index contributed by atoms with van der Waals surface area (Å²) < 4.78 is 0. The molecule has 6 heteroatoms. The number of nitrogens with one attached hydrogen (secondary N) is 1. The molecule has 2 aliphatic rings. The van der Waals surface area contributed by atoms with Gasteiger partial charge in [-0.2, -0.15) is 0 Å². The Morgan fingerprint density at radius 2 is 1.80 bits per heavy atom. The van der Waals surface area contributed by atoms with Gasteiger partial charge in [0.25, 0.3) is 11.8 Å². The topological polar surface area (TPSA) is 52.7 Å². The van der Waals surface area contributed by atoms with Crippen LogP contribution in [0.1, 0.15) is 66.1 Å². The maximum Gasteiger partial charge on any atom is 0.265 e. The van der Waals surface area contributed by atoms with Crippen molar-refractivity contribution in [2.24, 2.45) is 0 Å². The van der Waals surface area contributed by atoms with Crippen molar-refractivity contribution in [3.8, 4) is 0 Å². The Labute approximate surface area is 242 Å². The van der Waals surface area contributed by atoms with Gasteiger partial charge in [0, 0.05) is 29.6 Å². The van der Waals surface area contributed by atoms with Gasteiger partial charge in [-0.25, -0.2) is 0 Å². The van der Waals surface area contributed by atoms with Crippen LogP contribution in [-0.2, 0) is 11.3 Å². The highest BCUT2D eigenvalue weighted by molar-refractivity contribution is 8.04. The van der Waals surface area contributed by atoms with Gasteiger partial charge in [-0.3, -0.25) is 9.59 Å². The van der Waals surface area contributed by atoms with Crippen molar-refractivity contribution in [2.45, 2.75) is 63.4 Å². The fraction of sp³-hybridized carbons (Fsp3) is 0.353. The number of benzene rings is 3. The van der Waals surface area contributed by atoms with Gasteiger partial charge < -0.3 is 15.1 Å². The van der Waals surface area contributed by atoms with Gasteiger partial charge in [0.05, 0.1) is 17.1 Å². The van der Waals surface area contributed by atoms with Crippen molar-refractivity contribution in [1.82, 2.24) is 10.2 Å². The molecule has 0 aromatic heterocycles. The number of rotatable bonds is 9. The Balaban J connectivity index is 1.22. The third-order valence-electron chi connectivity index (χ3n) is 8.02. The number of carbonyl (C=O) groups is 2. The highest BCUT2D eigenvalue weighted by atomic mass is 32.2. The van der Waals surface area contributed by atoms with Crippen LogP contribution in [0.4, 0.5) is 5.69 Å². The van der Waals surface area contributed by atoms with E-state index in [0.29, 0.717) is 29.6 Å². The van der Waals surface area contributed by atoms with E-state index < -0.39 is 0 Å². The van der Waals surface area contributed by atoms with Gasteiger partial charge in [-0.15, -0.1) is 0 Å². The number of thioether (sulfide) groups is 1. The lowest BCUT2D eigenvalue weighted by Gasteiger charge is -2.35. The van der Waals surface area contributed by atoms with Crippen LogP contribution in [0.2, 0.25) is 0 Å². The molecule has 2 heterocycles. The first-order valence-corrected chi connectivity index (χ1v) is 15.3. The van der Waals surface area contributed by atoms with Crippen LogP contribution in [0.15, 0.2) is 82.6 Å². The molecule has 1 atom stereocenters. The molecule has 2 amide bonds. The van der Waals surface area contributed by atoms with Gasteiger partial charge in [-0.1, -0.05) is 73.6 Å². The average Bonchev–Trinajstić information content (AvgIpc) is 2.99. The second-order valence-corrected chi connectivity index (χ2v) is 11.8. The number of nitrogens with zero attached hydrogens (tertiary/aromatic N) is 2. The quantitative estimate of drug-likeness (QED) is 0.228. The summed E-state index contributed by atoms with van der Waals surface area (Å²) >= 11 is 1.50. The van der Waals surface area contributed by atoms with E-state index in [1.807, 2.05) is 65.6 Å². The molecule has 2 aliphatic heterocycles. The first-order chi connectivity index (χ1) is 19.5. The van der Waals surface area contributed by atoms with E-state index >= 15 is 0 Å². The number of aryl methyl sites for hydroxylation is 1. The van der Waals surface area contributed by atoms with E-state index in [4.69, 9.17) is 0 Å². The molecule has 0 bridgehead atoms. The number of amides is 2. The number of likely N-dealkylation sites (tertiary alicyclic amines) is 1. The van der Waals surface area contributed by atoms with Crippen molar-refractivity contribution in [3.63, 3.8) is 0 Å². The van der Waals surface area contributed by atoms with E-state index in [0.717, 1.165) is 34.7 Å². The minimum Gasteiger partial charge on any atom is -0.352 e. The first kappa shape index (κ1) is 28.2. The van der Waals surface area contributed by atoms with Crippen LogP contribution in [0.25, 0.3) is 6.08 Å². The number of carbonyl (C=O) groups excluding carboxylic acids is 2. The van der Waals surface area contributed by atoms with Crippen molar-refractivity contribution < 1.29 is 9.59 Å². The Morgan fingerprint density at radius 3 is 2.60 bits per heavy atom. The van der Waals surface area contributed by atoms with Crippen LogP contribution in [0.5, 0.6) is 0 Å². The number of anilines is 1. The number of hydrogen-bond acceptors (Lipinski definition) is 4. The minimum atomic E-state index is -0.0497. The molecule has 5 rings (SSSR count). The van der Waals surface area contributed by atoms with Crippen LogP contribution in [-0.4, -0.2) is 42.4 Å². The van der Waals surface area contributed by atoms with Crippen LogP contribution in [0.3, 0.4) is 0 Å². The SMILES string of the molecule is CCC1CCCCN1CCCNC(=O)c1ccc(/C=C2\Sc3ccccc3N(Cc3ccccc3C)C2=O)cc1. The molecule has 40 heavy (non-hydrogen) atoms. The van der Waals surface area contributed by atoms with Gasteiger partial charge >= 0.3 is 0 Å². The Morgan fingerprint density at radius 1 is 1.02 bits per heavy atom. The molecule has 3 aromatic rings. The van der Waals surface area contributed by atoms with Gasteiger partial charge in [0.2, 0.25) is 0 Å². The smallest absolute Gasteiger partial charge is 0.265 e. The van der Waals surface area contributed by atoms with E-state index in [2.05, 4.69) is 42.3 Å². The van der Waals surface area contributed by atoms with E-state index in [9.17, 15) is 9.59 Å². The van der Waals surface area contributed by atoms with Gasteiger partial charge in [-0.05, 0) is 86.2 Å². The monoisotopic (exact) mass is 553 g/mol. The average molecular weight is 554 g/mol. The predicted molar refractivity (Wildman–Crippen MR) is 166 cm³/mol. The molecular weight excluding hydrogens is 514 g/mol. The molecule has 5 nitrogen and oxygen atoms in total. The number of piperidine rings is 1. The molecule has 3 aromatic carbocycles. The molecule has 0 radical (unpaired) electrons. The van der Waals surface area contributed by atoms with Crippen molar-refractivity contribution >= 4 is 35.3 Å². The number of para-hydroxylation sites is 1. The highest BCUT2D eigenvalue weighted by Gasteiger charge is 2.29. The minimum absolute atomic E-state index is 0.00668. The lowest BCUT2D eigenvalue weighted by molar-refractivity contribution is -0.114. The summed E-state index contributed by atoms with van der Waals surface area (Å²) in [5.41, 5.74) is 4.78. The fourth-order valence-corrected chi connectivity index (χ4v) is 6.72. The van der Waals surface area contributed by atoms with E-state index in [-0.39, 0.29) is 11.8 Å². The molecule has 0 spiro atoms. The molecule has 0 aliphatic carbocycles.